The average Bonchev–Trinajstić information content (AvgIpc) is 2.57. The number of phenols is 1. The third kappa shape index (κ3) is 4.88. The van der Waals surface area contributed by atoms with E-state index >= 15 is 0 Å². The van der Waals surface area contributed by atoms with Gasteiger partial charge < -0.3 is 19.9 Å². The second-order valence-electron chi connectivity index (χ2n) is 6.45. The molecule has 0 saturated carbocycles. The number of aromatic carboxylic acids is 1. The molecule has 0 fully saturated rings. The van der Waals surface area contributed by atoms with Crippen molar-refractivity contribution in [2.75, 3.05) is 7.11 Å². The number of H-pyrrole nitrogens is 1. The lowest BCUT2D eigenvalue weighted by Gasteiger charge is -2.14. The summed E-state index contributed by atoms with van der Waals surface area (Å²) in [5.74, 6) is -1.17. The minimum atomic E-state index is -1.24. The SMILES string of the molecule is COc1cc(C=Cc2cc(=O)cc(C)[nH]2)c(C(=O)O)c(O)c1CC=C(C)C. The van der Waals surface area contributed by atoms with E-state index < -0.39 is 5.97 Å². The topological polar surface area (TPSA) is 99.6 Å². The molecule has 6 heteroatoms. The maximum Gasteiger partial charge on any atom is 0.340 e. The number of aromatic hydroxyl groups is 1. The maximum atomic E-state index is 11.7. The van der Waals surface area contributed by atoms with Crippen molar-refractivity contribution < 1.29 is 19.7 Å². The summed E-state index contributed by atoms with van der Waals surface area (Å²) >= 11 is 0. The van der Waals surface area contributed by atoms with Crippen molar-refractivity contribution in [1.82, 2.24) is 4.98 Å². The Morgan fingerprint density at radius 1 is 1.22 bits per heavy atom. The van der Waals surface area contributed by atoms with Crippen LogP contribution < -0.4 is 10.2 Å². The van der Waals surface area contributed by atoms with Gasteiger partial charge in [0, 0.05) is 29.1 Å². The minimum Gasteiger partial charge on any atom is -0.507 e. The predicted octanol–water partition coefficient (Wildman–Crippen LogP) is 3.77. The lowest BCUT2D eigenvalue weighted by Crippen LogP contribution is -2.05. The van der Waals surface area contributed by atoms with Gasteiger partial charge in [0.2, 0.25) is 0 Å². The molecular formula is C21H23NO5. The molecule has 2 rings (SSSR count). The summed E-state index contributed by atoms with van der Waals surface area (Å²) in [6.45, 7) is 5.59. The van der Waals surface area contributed by atoms with Crippen LogP contribution in [0.15, 0.2) is 34.6 Å². The van der Waals surface area contributed by atoms with Crippen molar-refractivity contribution in [3.05, 3.63) is 68.1 Å². The molecule has 0 aliphatic heterocycles. The van der Waals surface area contributed by atoms with Crippen LogP contribution in [-0.2, 0) is 6.42 Å². The Balaban J connectivity index is 2.60. The molecule has 2 aromatic rings. The zero-order valence-electron chi connectivity index (χ0n) is 15.8. The van der Waals surface area contributed by atoms with Crippen LogP contribution in [0.3, 0.4) is 0 Å². The van der Waals surface area contributed by atoms with E-state index in [4.69, 9.17) is 4.74 Å². The van der Waals surface area contributed by atoms with Gasteiger partial charge in [-0.25, -0.2) is 4.79 Å². The number of hydrogen-bond acceptors (Lipinski definition) is 4. The number of methoxy groups -OCH3 is 1. The number of allylic oxidation sites excluding steroid dienone is 2. The molecule has 0 atom stereocenters. The zero-order chi connectivity index (χ0) is 20.1. The molecule has 6 nitrogen and oxygen atoms in total. The molecule has 0 spiro atoms. The van der Waals surface area contributed by atoms with E-state index in [-0.39, 0.29) is 22.3 Å². The molecule has 0 aliphatic rings. The van der Waals surface area contributed by atoms with Crippen LogP contribution in [0.2, 0.25) is 0 Å². The van der Waals surface area contributed by atoms with Gasteiger partial charge in [-0.05, 0) is 44.9 Å². The number of aromatic nitrogens is 1. The van der Waals surface area contributed by atoms with Crippen molar-refractivity contribution >= 4 is 18.1 Å². The van der Waals surface area contributed by atoms with Gasteiger partial charge in [-0.15, -0.1) is 0 Å². The van der Waals surface area contributed by atoms with E-state index in [9.17, 15) is 19.8 Å². The molecule has 27 heavy (non-hydrogen) atoms. The van der Waals surface area contributed by atoms with Crippen molar-refractivity contribution in [3.63, 3.8) is 0 Å². The Kier molecular flexibility index (Phi) is 6.23. The van der Waals surface area contributed by atoms with E-state index in [2.05, 4.69) is 4.98 Å². The highest BCUT2D eigenvalue weighted by molar-refractivity contribution is 5.97. The highest BCUT2D eigenvalue weighted by Gasteiger charge is 2.21. The number of pyridine rings is 1. The highest BCUT2D eigenvalue weighted by Crippen LogP contribution is 2.36. The normalized spacial score (nSPS) is 10.8. The Morgan fingerprint density at radius 2 is 1.93 bits per heavy atom. The number of carbonyl (C=O) groups is 1. The molecule has 0 bridgehead atoms. The molecule has 0 saturated heterocycles. The number of aromatic amines is 1. The van der Waals surface area contributed by atoms with Crippen LogP contribution in [0.1, 0.15) is 46.7 Å². The van der Waals surface area contributed by atoms with E-state index in [1.807, 2.05) is 19.9 Å². The first-order chi connectivity index (χ1) is 12.7. The van der Waals surface area contributed by atoms with E-state index in [1.165, 1.54) is 25.3 Å². The fourth-order valence-corrected chi connectivity index (χ4v) is 2.72. The first kappa shape index (κ1) is 20.0. The van der Waals surface area contributed by atoms with Gasteiger partial charge >= 0.3 is 5.97 Å². The van der Waals surface area contributed by atoms with Crippen LogP contribution in [0.5, 0.6) is 11.5 Å². The van der Waals surface area contributed by atoms with Crippen LogP contribution in [0.4, 0.5) is 0 Å². The predicted molar refractivity (Wildman–Crippen MR) is 105 cm³/mol. The summed E-state index contributed by atoms with van der Waals surface area (Å²) in [6, 6.07) is 4.44. The molecule has 0 unspecified atom stereocenters. The number of carboxylic acid groups (broad SMARTS) is 1. The summed E-state index contributed by atoms with van der Waals surface area (Å²) in [6.07, 6.45) is 5.36. The monoisotopic (exact) mass is 369 g/mol. The largest absolute Gasteiger partial charge is 0.507 e. The summed E-state index contributed by atoms with van der Waals surface area (Å²) in [7, 11) is 1.47. The number of carboxylic acids is 1. The van der Waals surface area contributed by atoms with Crippen LogP contribution in [0.25, 0.3) is 12.2 Å². The molecule has 0 radical (unpaired) electrons. The first-order valence-electron chi connectivity index (χ1n) is 8.41. The molecule has 1 aromatic carbocycles. The van der Waals surface area contributed by atoms with Crippen molar-refractivity contribution in [2.24, 2.45) is 0 Å². The summed E-state index contributed by atoms with van der Waals surface area (Å²) in [5, 5.41) is 20.2. The number of rotatable bonds is 6. The summed E-state index contributed by atoms with van der Waals surface area (Å²) < 4.78 is 5.35. The van der Waals surface area contributed by atoms with Gasteiger partial charge in [0.25, 0.3) is 0 Å². The molecule has 0 amide bonds. The Hall–Kier alpha value is -3.28. The minimum absolute atomic E-state index is 0.151. The van der Waals surface area contributed by atoms with Gasteiger partial charge in [0.1, 0.15) is 17.1 Å². The second-order valence-corrected chi connectivity index (χ2v) is 6.45. The first-order valence-corrected chi connectivity index (χ1v) is 8.41. The molecule has 1 heterocycles. The molecular weight excluding hydrogens is 346 g/mol. The smallest absolute Gasteiger partial charge is 0.340 e. The number of benzene rings is 1. The van der Waals surface area contributed by atoms with Gasteiger partial charge in [0.15, 0.2) is 5.43 Å². The zero-order valence-corrected chi connectivity index (χ0v) is 15.8. The molecule has 0 aliphatic carbocycles. The van der Waals surface area contributed by atoms with Gasteiger partial charge in [0.05, 0.1) is 7.11 Å². The standard InChI is InChI=1S/C21H23NO5/c1-12(2)5-8-17-18(27-4)10-14(19(20(17)24)21(25)26)6-7-15-11-16(23)9-13(3)22-15/h5-7,9-11,24H,8H2,1-4H3,(H,22,23)(H,25,26). The number of hydrogen-bond donors (Lipinski definition) is 3. The maximum absolute atomic E-state index is 11.7. The lowest BCUT2D eigenvalue weighted by atomic mass is 9.97. The van der Waals surface area contributed by atoms with Crippen molar-refractivity contribution in [3.8, 4) is 11.5 Å². The lowest BCUT2D eigenvalue weighted by molar-refractivity contribution is 0.0693. The Bertz CT molecular complexity index is 979. The van der Waals surface area contributed by atoms with Gasteiger partial charge in [-0.1, -0.05) is 17.7 Å². The third-order valence-electron chi connectivity index (χ3n) is 3.98. The van der Waals surface area contributed by atoms with Crippen LogP contribution >= 0.6 is 0 Å². The Labute approximate surface area is 157 Å². The third-order valence-corrected chi connectivity index (χ3v) is 3.98. The molecule has 142 valence electrons. The van der Waals surface area contributed by atoms with Crippen molar-refractivity contribution in [2.45, 2.75) is 27.2 Å². The van der Waals surface area contributed by atoms with Gasteiger partial charge in [-0.2, -0.15) is 0 Å². The fraction of sp³-hybridized carbons (Fsp3) is 0.238. The van der Waals surface area contributed by atoms with E-state index in [0.717, 1.165) is 5.57 Å². The highest BCUT2D eigenvalue weighted by atomic mass is 16.5. The van der Waals surface area contributed by atoms with E-state index in [1.54, 1.807) is 19.1 Å². The van der Waals surface area contributed by atoms with Crippen LogP contribution in [0, 0.1) is 6.92 Å². The van der Waals surface area contributed by atoms with E-state index in [0.29, 0.717) is 29.1 Å². The van der Waals surface area contributed by atoms with Gasteiger partial charge in [-0.3, -0.25) is 4.79 Å². The summed E-state index contributed by atoms with van der Waals surface area (Å²) in [4.78, 5) is 26.4. The average molecular weight is 369 g/mol. The Morgan fingerprint density at radius 3 is 2.48 bits per heavy atom. The quantitative estimate of drug-likeness (QED) is 0.673. The summed E-state index contributed by atoms with van der Waals surface area (Å²) in [5.41, 5.74) is 2.60. The number of nitrogens with one attached hydrogen (secondary N) is 1. The number of ether oxygens (including phenoxy) is 1. The second kappa shape index (κ2) is 8.40. The molecule has 3 N–H and O–H groups in total. The fourth-order valence-electron chi connectivity index (χ4n) is 2.72. The van der Waals surface area contributed by atoms with Crippen LogP contribution in [-0.4, -0.2) is 28.3 Å². The van der Waals surface area contributed by atoms with Crippen molar-refractivity contribution in [1.29, 1.82) is 0 Å². The number of aryl methyl sites for hydroxylation is 1. The molecule has 1 aromatic heterocycles.